The predicted octanol–water partition coefficient (Wildman–Crippen LogP) is 2.65. The van der Waals surface area contributed by atoms with Gasteiger partial charge in [0.15, 0.2) is 0 Å². The third-order valence-electron chi connectivity index (χ3n) is 3.24. The van der Waals surface area contributed by atoms with E-state index in [2.05, 4.69) is 0 Å². The SMILES string of the molecule is COC(=O)C(C)(C)Cn1ccc2ccc(C=O)cc21. The fourth-order valence-corrected chi connectivity index (χ4v) is 2.18. The number of hydrogen-bond acceptors (Lipinski definition) is 3. The average molecular weight is 259 g/mol. The molecule has 0 spiro atoms. The largest absolute Gasteiger partial charge is 0.469 e. The van der Waals surface area contributed by atoms with Gasteiger partial charge in [-0.3, -0.25) is 9.59 Å². The van der Waals surface area contributed by atoms with Crippen molar-refractivity contribution < 1.29 is 14.3 Å². The maximum absolute atomic E-state index is 11.7. The Morgan fingerprint density at radius 3 is 2.74 bits per heavy atom. The molecule has 0 radical (unpaired) electrons. The summed E-state index contributed by atoms with van der Waals surface area (Å²) in [6.45, 7) is 4.19. The first-order valence-corrected chi connectivity index (χ1v) is 6.10. The fourth-order valence-electron chi connectivity index (χ4n) is 2.18. The van der Waals surface area contributed by atoms with Crippen LogP contribution < -0.4 is 0 Å². The Hall–Kier alpha value is -2.10. The van der Waals surface area contributed by atoms with E-state index in [4.69, 9.17) is 4.74 Å². The van der Waals surface area contributed by atoms with Crippen molar-refractivity contribution in [2.24, 2.45) is 5.41 Å². The van der Waals surface area contributed by atoms with E-state index in [1.165, 1.54) is 7.11 Å². The van der Waals surface area contributed by atoms with Gasteiger partial charge >= 0.3 is 5.97 Å². The van der Waals surface area contributed by atoms with Crippen molar-refractivity contribution in [3.05, 3.63) is 36.0 Å². The zero-order valence-electron chi connectivity index (χ0n) is 11.3. The highest BCUT2D eigenvalue weighted by Gasteiger charge is 2.29. The van der Waals surface area contributed by atoms with E-state index in [1.54, 1.807) is 6.07 Å². The number of nitrogens with zero attached hydrogens (tertiary/aromatic N) is 1. The molecule has 0 bridgehead atoms. The van der Waals surface area contributed by atoms with Crippen LogP contribution in [0.15, 0.2) is 30.5 Å². The third-order valence-corrected chi connectivity index (χ3v) is 3.24. The first-order valence-electron chi connectivity index (χ1n) is 6.10. The smallest absolute Gasteiger partial charge is 0.313 e. The van der Waals surface area contributed by atoms with Crippen molar-refractivity contribution >= 4 is 23.2 Å². The first kappa shape index (κ1) is 13.3. The maximum atomic E-state index is 11.7. The summed E-state index contributed by atoms with van der Waals surface area (Å²) in [5.41, 5.74) is 0.961. The number of carbonyl (C=O) groups excluding carboxylic acids is 2. The van der Waals surface area contributed by atoms with Crippen molar-refractivity contribution in [1.29, 1.82) is 0 Å². The fraction of sp³-hybridized carbons (Fsp3) is 0.333. The standard InChI is InChI=1S/C15H17NO3/c1-15(2,14(18)19-3)10-16-7-6-12-5-4-11(9-17)8-13(12)16/h4-9H,10H2,1-3H3. The van der Waals surface area contributed by atoms with Crippen molar-refractivity contribution in [2.45, 2.75) is 20.4 Å². The lowest BCUT2D eigenvalue weighted by atomic mass is 9.93. The molecule has 2 aromatic rings. The Bertz CT molecular complexity index is 625. The molecule has 100 valence electrons. The van der Waals surface area contributed by atoms with Gasteiger partial charge in [0.05, 0.1) is 12.5 Å². The molecule has 0 N–H and O–H groups in total. The number of ether oxygens (including phenoxy) is 1. The second kappa shape index (κ2) is 4.88. The number of aromatic nitrogens is 1. The molecule has 0 aliphatic rings. The van der Waals surface area contributed by atoms with Crippen LogP contribution in [0.1, 0.15) is 24.2 Å². The Kier molecular flexibility index (Phi) is 3.42. The molecule has 1 heterocycles. The van der Waals surface area contributed by atoms with Gasteiger partial charge in [-0.15, -0.1) is 0 Å². The first-order chi connectivity index (χ1) is 8.97. The van der Waals surface area contributed by atoms with Crippen LogP contribution in [0.3, 0.4) is 0 Å². The summed E-state index contributed by atoms with van der Waals surface area (Å²) in [7, 11) is 1.39. The third kappa shape index (κ3) is 2.52. The second-order valence-corrected chi connectivity index (χ2v) is 5.26. The highest BCUT2D eigenvalue weighted by atomic mass is 16.5. The zero-order valence-corrected chi connectivity index (χ0v) is 11.3. The lowest BCUT2D eigenvalue weighted by molar-refractivity contribution is -0.151. The minimum atomic E-state index is -0.613. The molecule has 2 rings (SSSR count). The molecular weight excluding hydrogens is 242 g/mol. The normalized spacial score (nSPS) is 11.5. The molecule has 1 aromatic heterocycles. The van der Waals surface area contributed by atoms with Crippen LogP contribution in [0.2, 0.25) is 0 Å². The lowest BCUT2D eigenvalue weighted by Gasteiger charge is -2.22. The summed E-state index contributed by atoms with van der Waals surface area (Å²) in [5.74, 6) is -0.249. The second-order valence-electron chi connectivity index (χ2n) is 5.26. The quantitative estimate of drug-likeness (QED) is 0.626. The highest BCUT2D eigenvalue weighted by molar-refractivity contribution is 5.87. The van der Waals surface area contributed by atoms with E-state index in [-0.39, 0.29) is 5.97 Å². The number of rotatable bonds is 4. The molecule has 0 unspecified atom stereocenters. The minimum absolute atomic E-state index is 0.249. The van der Waals surface area contributed by atoms with E-state index < -0.39 is 5.41 Å². The molecule has 0 atom stereocenters. The Labute approximate surface area is 112 Å². The van der Waals surface area contributed by atoms with E-state index in [0.717, 1.165) is 17.2 Å². The molecule has 0 aliphatic heterocycles. The van der Waals surface area contributed by atoms with Crippen molar-refractivity contribution in [3.63, 3.8) is 0 Å². The van der Waals surface area contributed by atoms with E-state index in [1.807, 2.05) is 42.8 Å². The van der Waals surface area contributed by atoms with Gasteiger partial charge in [0, 0.05) is 23.8 Å². The molecule has 19 heavy (non-hydrogen) atoms. The van der Waals surface area contributed by atoms with Gasteiger partial charge in [0.2, 0.25) is 0 Å². The summed E-state index contributed by atoms with van der Waals surface area (Å²) >= 11 is 0. The van der Waals surface area contributed by atoms with Crippen molar-refractivity contribution in [2.75, 3.05) is 7.11 Å². The number of hydrogen-bond donors (Lipinski definition) is 0. The highest BCUT2D eigenvalue weighted by Crippen LogP contribution is 2.24. The van der Waals surface area contributed by atoms with Crippen molar-refractivity contribution in [1.82, 2.24) is 4.57 Å². The maximum Gasteiger partial charge on any atom is 0.313 e. The average Bonchev–Trinajstić information content (AvgIpc) is 2.79. The van der Waals surface area contributed by atoms with Crippen LogP contribution in [0, 0.1) is 5.41 Å². The molecule has 0 fully saturated rings. The molecule has 0 saturated carbocycles. The predicted molar refractivity (Wildman–Crippen MR) is 73.1 cm³/mol. The minimum Gasteiger partial charge on any atom is -0.469 e. The topological polar surface area (TPSA) is 48.3 Å². The van der Waals surface area contributed by atoms with Gasteiger partial charge in [-0.05, 0) is 31.4 Å². The summed E-state index contributed by atoms with van der Waals surface area (Å²) in [5, 5.41) is 1.05. The Morgan fingerprint density at radius 2 is 2.11 bits per heavy atom. The number of benzene rings is 1. The number of carbonyl (C=O) groups is 2. The van der Waals surface area contributed by atoms with Gasteiger partial charge in [-0.1, -0.05) is 12.1 Å². The van der Waals surface area contributed by atoms with Gasteiger partial charge in [0.1, 0.15) is 6.29 Å². The van der Waals surface area contributed by atoms with Crippen LogP contribution in [0.4, 0.5) is 0 Å². The van der Waals surface area contributed by atoms with Gasteiger partial charge in [0.25, 0.3) is 0 Å². The van der Waals surface area contributed by atoms with Gasteiger partial charge < -0.3 is 9.30 Å². The number of methoxy groups -OCH3 is 1. The molecule has 0 amide bonds. The van der Waals surface area contributed by atoms with Crippen LogP contribution in [0.25, 0.3) is 10.9 Å². The summed E-state index contributed by atoms with van der Waals surface area (Å²) in [6.07, 6.45) is 2.74. The Morgan fingerprint density at radius 1 is 1.37 bits per heavy atom. The number of esters is 1. The van der Waals surface area contributed by atoms with Crippen LogP contribution in [-0.4, -0.2) is 23.9 Å². The van der Waals surface area contributed by atoms with E-state index in [9.17, 15) is 9.59 Å². The van der Waals surface area contributed by atoms with E-state index >= 15 is 0 Å². The summed E-state index contributed by atoms with van der Waals surface area (Å²) in [4.78, 5) is 22.6. The Balaban J connectivity index is 2.40. The lowest BCUT2D eigenvalue weighted by Crippen LogP contribution is -2.30. The van der Waals surface area contributed by atoms with Crippen LogP contribution in [0.5, 0.6) is 0 Å². The van der Waals surface area contributed by atoms with Crippen molar-refractivity contribution in [3.8, 4) is 0 Å². The monoisotopic (exact) mass is 259 g/mol. The van der Waals surface area contributed by atoms with Crippen LogP contribution in [-0.2, 0) is 16.1 Å². The van der Waals surface area contributed by atoms with Gasteiger partial charge in [-0.2, -0.15) is 0 Å². The molecule has 0 saturated heterocycles. The van der Waals surface area contributed by atoms with Gasteiger partial charge in [-0.25, -0.2) is 0 Å². The number of fused-ring (bicyclic) bond motifs is 1. The summed E-state index contributed by atoms with van der Waals surface area (Å²) in [6, 6.07) is 7.48. The molecule has 1 aromatic carbocycles. The zero-order chi connectivity index (χ0) is 14.0. The van der Waals surface area contributed by atoms with Crippen LogP contribution >= 0.6 is 0 Å². The molecule has 4 nitrogen and oxygen atoms in total. The number of aldehydes is 1. The molecule has 4 heteroatoms. The molecular formula is C15H17NO3. The van der Waals surface area contributed by atoms with E-state index in [0.29, 0.717) is 12.1 Å². The molecule has 0 aliphatic carbocycles. The summed E-state index contributed by atoms with van der Waals surface area (Å²) < 4.78 is 6.78.